The van der Waals surface area contributed by atoms with Crippen molar-refractivity contribution in [1.82, 2.24) is 14.1 Å². The fourth-order valence-corrected chi connectivity index (χ4v) is 5.82. The summed E-state index contributed by atoms with van der Waals surface area (Å²) in [7, 11) is -3.90. The third kappa shape index (κ3) is 4.78. The van der Waals surface area contributed by atoms with Gasteiger partial charge in [0.2, 0.25) is 15.9 Å². The largest absolute Gasteiger partial charge is 0.341 e. The second-order valence-electron chi connectivity index (χ2n) is 8.38. The highest BCUT2D eigenvalue weighted by atomic mass is 32.2. The molecule has 0 radical (unpaired) electrons. The Morgan fingerprint density at radius 1 is 1.03 bits per heavy atom. The highest BCUT2D eigenvalue weighted by Gasteiger charge is 2.35. The van der Waals surface area contributed by atoms with Crippen molar-refractivity contribution < 1.29 is 22.0 Å². The molecule has 0 aliphatic carbocycles. The fraction of sp³-hybridized carbons (Fsp3) is 0.650. The zero-order valence-corrected chi connectivity index (χ0v) is 18.0. The molecule has 0 bridgehead atoms. The van der Waals surface area contributed by atoms with Gasteiger partial charge < -0.3 is 4.90 Å². The summed E-state index contributed by atoms with van der Waals surface area (Å²) in [4.78, 5) is 16.6. The van der Waals surface area contributed by atoms with Crippen LogP contribution in [0.4, 0.5) is 8.78 Å². The molecule has 0 spiro atoms. The summed E-state index contributed by atoms with van der Waals surface area (Å²) in [5.74, 6) is -1.22. The van der Waals surface area contributed by atoms with Crippen LogP contribution in [-0.2, 0) is 14.8 Å². The summed E-state index contributed by atoms with van der Waals surface area (Å²) in [6, 6.07) is 2.28. The topological polar surface area (TPSA) is 60.9 Å². The minimum absolute atomic E-state index is 0.0836. The number of hydrogen-bond donors (Lipinski definition) is 0. The molecule has 2 fully saturated rings. The second-order valence-corrected chi connectivity index (χ2v) is 10.3. The Hall–Kier alpha value is -1.58. The van der Waals surface area contributed by atoms with Crippen molar-refractivity contribution in [2.75, 3.05) is 39.3 Å². The van der Waals surface area contributed by atoms with E-state index in [4.69, 9.17) is 0 Å². The minimum Gasteiger partial charge on any atom is -0.341 e. The molecule has 6 nitrogen and oxygen atoms in total. The van der Waals surface area contributed by atoms with E-state index in [0.717, 1.165) is 31.6 Å². The van der Waals surface area contributed by atoms with E-state index in [0.29, 0.717) is 31.0 Å². The number of nitrogens with zero attached hydrogens (tertiary/aromatic N) is 3. The number of halogens is 2. The Balaban J connectivity index is 1.62. The molecule has 0 unspecified atom stereocenters. The first kappa shape index (κ1) is 22.1. The zero-order valence-electron chi connectivity index (χ0n) is 17.1. The van der Waals surface area contributed by atoms with Crippen LogP contribution in [0.1, 0.15) is 27.2 Å². The van der Waals surface area contributed by atoms with Crippen molar-refractivity contribution in [3.8, 4) is 0 Å². The molecule has 1 amide bonds. The summed E-state index contributed by atoms with van der Waals surface area (Å²) in [6.07, 6.45) is 1.12. The van der Waals surface area contributed by atoms with Crippen LogP contribution in [0.2, 0.25) is 0 Å². The van der Waals surface area contributed by atoms with Crippen LogP contribution < -0.4 is 0 Å². The molecule has 2 saturated heterocycles. The van der Waals surface area contributed by atoms with E-state index in [-0.39, 0.29) is 29.9 Å². The van der Waals surface area contributed by atoms with Gasteiger partial charge in [-0.15, -0.1) is 0 Å². The standard InChI is InChI=1S/C20H29F2N3O3S/c1-14-10-15(2)13-24(12-14)20(26)16(3)23-6-8-25(9-7-23)29(27,28)17-4-5-18(21)19(22)11-17/h4-5,11,14-16H,6-10,12-13H2,1-3H3/t14-,15-,16-/m1/s1. The van der Waals surface area contributed by atoms with Gasteiger partial charge >= 0.3 is 0 Å². The van der Waals surface area contributed by atoms with Gasteiger partial charge in [0.05, 0.1) is 10.9 Å². The Morgan fingerprint density at radius 3 is 2.17 bits per heavy atom. The van der Waals surface area contributed by atoms with Gasteiger partial charge in [0.25, 0.3) is 0 Å². The molecule has 2 aliphatic heterocycles. The molecule has 0 saturated carbocycles. The molecule has 2 heterocycles. The predicted molar refractivity (Wildman–Crippen MR) is 106 cm³/mol. The monoisotopic (exact) mass is 429 g/mol. The van der Waals surface area contributed by atoms with Crippen molar-refractivity contribution >= 4 is 15.9 Å². The van der Waals surface area contributed by atoms with Crippen LogP contribution in [0.15, 0.2) is 23.1 Å². The maximum Gasteiger partial charge on any atom is 0.243 e. The third-order valence-electron chi connectivity index (χ3n) is 5.89. The van der Waals surface area contributed by atoms with Gasteiger partial charge in [-0.1, -0.05) is 13.8 Å². The number of piperazine rings is 1. The predicted octanol–water partition coefficient (Wildman–Crippen LogP) is 2.16. The lowest BCUT2D eigenvalue weighted by Gasteiger charge is -2.41. The van der Waals surface area contributed by atoms with Crippen molar-refractivity contribution in [2.24, 2.45) is 11.8 Å². The van der Waals surface area contributed by atoms with Gasteiger partial charge in [-0.2, -0.15) is 4.31 Å². The number of sulfonamides is 1. The number of carbonyl (C=O) groups excluding carboxylic acids is 1. The summed E-state index contributed by atoms with van der Waals surface area (Å²) in [5.41, 5.74) is 0. The van der Waals surface area contributed by atoms with E-state index in [1.54, 1.807) is 0 Å². The molecule has 9 heteroatoms. The number of likely N-dealkylation sites (tertiary alicyclic amines) is 1. The summed E-state index contributed by atoms with van der Waals surface area (Å²) >= 11 is 0. The summed E-state index contributed by atoms with van der Waals surface area (Å²) < 4.78 is 53.3. The van der Waals surface area contributed by atoms with Crippen molar-refractivity contribution in [1.29, 1.82) is 0 Å². The van der Waals surface area contributed by atoms with Crippen LogP contribution >= 0.6 is 0 Å². The highest BCUT2D eigenvalue weighted by molar-refractivity contribution is 7.89. The van der Waals surface area contributed by atoms with Crippen LogP contribution in [0.5, 0.6) is 0 Å². The Kier molecular flexibility index (Phi) is 6.60. The number of hydrogen-bond acceptors (Lipinski definition) is 4. The number of carbonyl (C=O) groups is 1. The number of benzene rings is 1. The van der Waals surface area contributed by atoms with E-state index in [1.165, 1.54) is 4.31 Å². The van der Waals surface area contributed by atoms with Crippen LogP contribution in [-0.4, -0.2) is 73.7 Å². The van der Waals surface area contributed by atoms with Gasteiger partial charge in [0, 0.05) is 39.3 Å². The Labute approximate surface area is 171 Å². The first-order valence-electron chi connectivity index (χ1n) is 10.1. The molecule has 29 heavy (non-hydrogen) atoms. The van der Waals surface area contributed by atoms with Crippen molar-refractivity contribution in [3.63, 3.8) is 0 Å². The second kappa shape index (κ2) is 8.65. The number of piperidine rings is 1. The molecule has 1 aromatic rings. The van der Waals surface area contributed by atoms with E-state index in [9.17, 15) is 22.0 Å². The first-order valence-corrected chi connectivity index (χ1v) is 11.5. The molecule has 0 aromatic heterocycles. The zero-order chi connectivity index (χ0) is 21.3. The fourth-order valence-electron chi connectivity index (χ4n) is 4.38. The third-order valence-corrected chi connectivity index (χ3v) is 7.78. The minimum atomic E-state index is -3.90. The van der Waals surface area contributed by atoms with E-state index in [1.807, 2.05) is 16.7 Å². The van der Waals surface area contributed by atoms with Gasteiger partial charge in [0.15, 0.2) is 11.6 Å². The van der Waals surface area contributed by atoms with E-state index >= 15 is 0 Å². The Morgan fingerprint density at radius 2 is 1.62 bits per heavy atom. The van der Waals surface area contributed by atoms with Gasteiger partial charge in [-0.05, 0) is 43.4 Å². The molecule has 3 rings (SSSR count). The molecule has 162 valence electrons. The van der Waals surface area contributed by atoms with Gasteiger partial charge in [-0.3, -0.25) is 9.69 Å². The normalized spacial score (nSPS) is 25.8. The quantitative estimate of drug-likeness (QED) is 0.736. The average Bonchev–Trinajstić information content (AvgIpc) is 2.68. The maximum atomic E-state index is 13.5. The van der Waals surface area contributed by atoms with E-state index < -0.39 is 21.7 Å². The van der Waals surface area contributed by atoms with Crippen LogP contribution in [0.25, 0.3) is 0 Å². The lowest BCUT2D eigenvalue weighted by Crippen LogP contribution is -2.56. The van der Waals surface area contributed by atoms with Crippen LogP contribution in [0, 0.1) is 23.5 Å². The van der Waals surface area contributed by atoms with Gasteiger partial charge in [-0.25, -0.2) is 17.2 Å². The molecule has 2 aliphatic rings. The maximum absolute atomic E-state index is 13.5. The first-order chi connectivity index (χ1) is 13.6. The van der Waals surface area contributed by atoms with Crippen molar-refractivity contribution in [3.05, 3.63) is 29.8 Å². The van der Waals surface area contributed by atoms with Crippen molar-refractivity contribution in [2.45, 2.75) is 38.1 Å². The lowest BCUT2D eigenvalue weighted by atomic mass is 9.91. The number of rotatable bonds is 4. The van der Waals surface area contributed by atoms with E-state index in [2.05, 4.69) is 13.8 Å². The van der Waals surface area contributed by atoms with Crippen LogP contribution in [0.3, 0.4) is 0 Å². The molecule has 0 N–H and O–H groups in total. The molecule has 1 aromatic carbocycles. The Bertz CT molecular complexity index is 847. The highest BCUT2D eigenvalue weighted by Crippen LogP contribution is 2.24. The SMILES string of the molecule is C[C@@H]1C[C@@H](C)CN(C(=O)[C@@H](C)N2CCN(S(=O)(=O)c3ccc(F)c(F)c3)CC2)C1. The molecular formula is C20H29F2N3O3S. The molecule has 3 atom stereocenters. The number of amides is 1. The molecular weight excluding hydrogens is 400 g/mol. The summed E-state index contributed by atoms with van der Waals surface area (Å²) in [5, 5.41) is 0. The lowest BCUT2D eigenvalue weighted by molar-refractivity contribution is -0.139. The van der Waals surface area contributed by atoms with Gasteiger partial charge in [0.1, 0.15) is 0 Å². The smallest absolute Gasteiger partial charge is 0.243 e. The average molecular weight is 430 g/mol. The summed E-state index contributed by atoms with van der Waals surface area (Å²) in [6.45, 7) is 8.92.